The van der Waals surface area contributed by atoms with E-state index in [-0.39, 0.29) is 40.1 Å². The van der Waals surface area contributed by atoms with Gasteiger partial charge in [0.05, 0.1) is 17.8 Å². The predicted octanol–water partition coefficient (Wildman–Crippen LogP) is 15.7. The molecule has 4 saturated carbocycles. The molecule has 0 aliphatic heterocycles. The summed E-state index contributed by atoms with van der Waals surface area (Å²) in [6.07, 6.45) is 33.4. The highest BCUT2D eigenvalue weighted by atomic mass is 16.3. The van der Waals surface area contributed by atoms with Gasteiger partial charge in [0.2, 0.25) is 0 Å². The van der Waals surface area contributed by atoms with E-state index in [1.807, 2.05) is 20.8 Å². The van der Waals surface area contributed by atoms with Gasteiger partial charge in [0.25, 0.3) is 0 Å². The molecule has 4 rings (SSSR count). The summed E-state index contributed by atoms with van der Waals surface area (Å²) in [5.74, 6) is 2.06. The molecule has 0 aromatic heterocycles. The molecule has 0 aromatic carbocycles. The van der Waals surface area contributed by atoms with Gasteiger partial charge in [0.1, 0.15) is 11.6 Å². The molecule has 8 atom stereocenters. The Kier molecular flexibility index (Phi) is 21.3. The summed E-state index contributed by atoms with van der Waals surface area (Å²) in [5.41, 5.74) is 6.49. The fourth-order valence-corrected chi connectivity index (χ4v) is 13.6. The molecule has 0 unspecified atom stereocenters. The van der Waals surface area contributed by atoms with Gasteiger partial charge in [0.15, 0.2) is 0 Å². The number of carbonyl (C=O) groups is 2. The number of aliphatic hydroxyl groups is 3. The number of rotatable bonds is 19. The minimum atomic E-state index is -0.647. The Morgan fingerprint density at radius 2 is 0.785 bits per heavy atom. The maximum atomic E-state index is 12.6. The fourth-order valence-electron chi connectivity index (χ4n) is 13.6. The Morgan fingerprint density at radius 1 is 0.477 bits per heavy atom. The molecule has 0 aromatic rings. The van der Waals surface area contributed by atoms with Crippen molar-refractivity contribution in [1.29, 1.82) is 0 Å². The number of carbonyl (C=O) groups excluding carboxylic acids is 2. The molecule has 0 spiro atoms. The average Bonchev–Trinajstić information content (AvgIpc) is 3.20. The van der Waals surface area contributed by atoms with Crippen LogP contribution in [0.1, 0.15) is 232 Å². The van der Waals surface area contributed by atoms with E-state index in [4.69, 9.17) is 5.11 Å². The van der Waals surface area contributed by atoms with E-state index < -0.39 is 11.2 Å². The van der Waals surface area contributed by atoms with E-state index >= 15 is 0 Å². The second-order valence-corrected chi connectivity index (χ2v) is 24.3. The van der Waals surface area contributed by atoms with E-state index in [1.54, 1.807) is 0 Å². The molecule has 4 aliphatic carbocycles. The molecule has 370 valence electrons. The highest BCUT2D eigenvalue weighted by Gasteiger charge is 2.61. The molecule has 0 amide bonds. The van der Waals surface area contributed by atoms with E-state index in [9.17, 15) is 19.8 Å². The highest BCUT2D eigenvalue weighted by molar-refractivity contribution is 5.86. The lowest BCUT2D eigenvalue weighted by atomic mass is 9.45. The third-order valence-electron chi connectivity index (χ3n) is 17.9. The van der Waals surface area contributed by atoms with Gasteiger partial charge in [-0.15, -0.1) is 0 Å². The van der Waals surface area contributed by atoms with E-state index in [1.165, 1.54) is 27.9 Å². The standard InChI is InChI=1S/C30H50O3.C30H50O2/c1-22(13-9-15-24(3)21-31)11-8-12-23(2)14-10-16-26-29(6)19-18-27(32)28(4,5)25(29)17-20-30(26,7)33;1-22(2)12-9-13-23(3)14-10-15-24(4)16-11-17-26-29(7)20-19-27(31)28(5,6)25(29)18-21-30(26,8)32/h11,14-15,25-26,31,33H,8-10,12-13,16-21H2,1-7H3;12,14,16,25-26,32H,9-11,13,15,17-21H2,1-8H3/b22-11+,23-14+,24-15+;23-14+,24-16+/t2*25-,26+,29-,30+/m00/s1. The summed E-state index contributed by atoms with van der Waals surface area (Å²) in [4.78, 5) is 25.3. The number of Topliss-reactive ketones (excluding diaryl/α,β-unsaturated/α-hetero) is 2. The summed E-state index contributed by atoms with van der Waals surface area (Å²) >= 11 is 0. The largest absolute Gasteiger partial charge is 0.392 e. The zero-order chi connectivity index (χ0) is 49.0. The summed E-state index contributed by atoms with van der Waals surface area (Å²) in [7, 11) is 0. The normalized spacial score (nSPS) is 33.2. The molecule has 0 heterocycles. The SMILES string of the molecule is C/C(=C\CC/C(C)=C/CC/C(C)=C/CC[C@@H]1[C@@]2(C)CCC(=O)C(C)(C)[C@@H]2CC[C@@]1(C)O)CO.CC(C)=CCC/C(C)=C/CC/C(C)=C/CC[C@@H]1[C@@]2(C)CCC(=O)C(C)(C)[C@@H]2CC[C@@]1(C)O. The summed E-state index contributed by atoms with van der Waals surface area (Å²) in [6, 6.07) is 0. The molecular formula is C60H100O5. The first-order chi connectivity index (χ1) is 30.1. The number of fused-ring (bicyclic) bond motifs is 2. The maximum absolute atomic E-state index is 12.6. The first kappa shape index (κ1) is 57.0. The number of aliphatic hydroxyl groups excluding tert-OH is 1. The van der Waals surface area contributed by atoms with Crippen LogP contribution in [0.15, 0.2) is 69.9 Å². The smallest absolute Gasteiger partial charge is 0.138 e. The third-order valence-corrected chi connectivity index (χ3v) is 17.9. The lowest BCUT2D eigenvalue weighted by Crippen LogP contribution is -2.59. The van der Waals surface area contributed by atoms with Gasteiger partial charge in [-0.3, -0.25) is 9.59 Å². The molecule has 5 heteroatoms. The molecule has 4 aliphatic rings. The third kappa shape index (κ3) is 15.3. The maximum Gasteiger partial charge on any atom is 0.138 e. The predicted molar refractivity (Wildman–Crippen MR) is 277 cm³/mol. The number of ketones is 2. The van der Waals surface area contributed by atoms with E-state index in [0.717, 1.165) is 121 Å². The zero-order valence-electron chi connectivity index (χ0n) is 44.8. The van der Waals surface area contributed by atoms with Crippen molar-refractivity contribution >= 4 is 11.6 Å². The van der Waals surface area contributed by atoms with Gasteiger partial charge in [-0.1, -0.05) is 111 Å². The Bertz CT molecular complexity index is 1770. The molecular weight excluding hydrogens is 801 g/mol. The van der Waals surface area contributed by atoms with Crippen molar-refractivity contribution in [2.75, 3.05) is 6.61 Å². The van der Waals surface area contributed by atoms with Crippen LogP contribution < -0.4 is 0 Å². The first-order valence-electron chi connectivity index (χ1n) is 26.2. The van der Waals surface area contributed by atoms with Crippen LogP contribution in [0.4, 0.5) is 0 Å². The fraction of sp³-hybridized carbons (Fsp3) is 0.767. The zero-order valence-corrected chi connectivity index (χ0v) is 44.8. The monoisotopic (exact) mass is 901 g/mol. The van der Waals surface area contributed by atoms with Crippen molar-refractivity contribution in [3.8, 4) is 0 Å². The Labute approximate surface area is 400 Å². The summed E-state index contributed by atoms with van der Waals surface area (Å²) < 4.78 is 0. The van der Waals surface area contributed by atoms with Crippen molar-refractivity contribution < 1.29 is 24.9 Å². The van der Waals surface area contributed by atoms with Crippen molar-refractivity contribution in [2.24, 2.45) is 45.3 Å². The van der Waals surface area contributed by atoms with Gasteiger partial charge >= 0.3 is 0 Å². The van der Waals surface area contributed by atoms with E-state index in [2.05, 4.69) is 120 Å². The van der Waals surface area contributed by atoms with Crippen LogP contribution >= 0.6 is 0 Å². The molecule has 0 bridgehead atoms. The van der Waals surface area contributed by atoms with Crippen LogP contribution in [0, 0.1) is 45.3 Å². The summed E-state index contributed by atoms with van der Waals surface area (Å²) in [5, 5.41) is 31.7. The number of allylic oxidation sites excluding steroid dienone is 11. The van der Waals surface area contributed by atoms with Crippen molar-refractivity contribution in [3.05, 3.63) is 69.9 Å². The minimum Gasteiger partial charge on any atom is -0.392 e. The van der Waals surface area contributed by atoms with Crippen molar-refractivity contribution in [3.63, 3.8) is 0 Å². The second kappa shape index (κ2) is 24.3. The Balaban J connectivity index is 0.000000345. The molecule has 5 nitrogen and oxygen atoms in total. The van der Waals surface area contributed by atoms with Gasteiger partial charge < -0.3 is 15.3 Å². The lowest BCUT2D eigenvalue weighted by Gasteiger charge is -2.60. The van der Waals surface area contributed by atoms with Crippen LogP contribution in [0.2, 0.25) is 0 Å². The van der Waals surface area contributed by atoms with Crippen molar-refractivity contribution in [2.45, 2.75) is 243 Å². The number of hydrogen-bond donors (Lipinski definition) is 3. The molecule has 0 radical (unpaired) electrons. The van der Waals surface area contributed by atoms with Crippen LogP contribution in [0.25, 0.3) is 0 Å². The molecule has 0 saturated heterocycles. The van der Waals surface area contributed by atoms with Crippen LogP contribution in [0.3, 0.4) is 0 Å². The summed E-state index contributed by atoms with van der Waals surface area (Å²) in [6.45, 7) is 32.7. The lowest BCUT2D eigenvalue weighted by molar-refractivity contribution is -0.177. The van der Waals surface area contributed by atoms with Crippen LogP contribution in [-0.2, 0) is 9.59 Å². The van der Waals surface area contributed by atoms with Crippen LogP contribution in [-0.4, -0.2) is 44.7 Å². The Morgan fingerprint density at radius 3 is 1.11 bits per heavy atom. The highest BCUT2D eigenvalue weighted by Crippen LogP contribution is 2.63. The second-order valence-electron chi connectivity index (χ2n) is 24.3. The van der Waals surface area contributed by atoms with Crippen molar-refractivity contribution in [1.82, 2.24) is 0 Å². The van der Waals surface area contributed by atoms with Gasteiger partial charge in [0, 0.05) is 23.7 Å². The minimum absolute atomic E-state index is 0.0313. The van der Waals surface area contributed by atoms with Gasteiger partial charge in [-0.05, 0) is 212 Å². The number of hydrogen-bond acceptors (Lipinski definition) is 5. The molecule has 4 fully saturated rings. The van der Waals surface area contributed by atoms with Gasteiger partial charge in [-0.25, -0.2) is 0 Å². The van der Waals surface area contributed by atoms with Crippen LogP contribution in [0.5, 0.6) is 0 Å². The topological polar surface area (TPSA) is 94.8 Å². The average molecular weight is 901 g/mol. The first-order valence-corrected chi connectivity index (χ1v) is 26.2. The van der Waals surface area contributed by atoms with E-state index in [0.29, 0.717) is 36.2 Å². The van der Waals surface area contributed by atoms with Gasteiger partial charge in [-0.2, -0.15) is 0 Å². The quantitative estimate of drug-likeness (QED) is 0.112. The molecule has 65 heavy (non-hydrogen) atoms. The molecule has 3 N–H and O–H groups in total. The Hall–Kier alpha value is -2.34.